The van der Waals surface area contributed by atoms with Crippen molar-refractivity contribution < 1.29 is 19.0 Å². The molecular formula is C21H32N2O4. The van der Waals surface area contributed by atoms with Gasteiger partial charge in [0.05, 0.1) is 19.8 Å². The summed E-state index contributed by atoms with van der Waals surface area (Å²) < 4.78 is 17.0. The third kappa shape index (κ3) is 5.88. The second-order valence-corrected chi connectivity index (χ2v) is 6.63. The van der Waals surface area contributed by atoms with Gasteiger partial charge in [-0.15, -0.1) is 0 Å². The van der Waals surface area contributed by atoms with Crippen LogP contribution in [-0.4, -0.2) is 31.4 Å². The van der Waals surface area contributed by atoms with Crippen LogP contribution in [0.1, 0.15) is 70.2 Å². The Morgan fingerprint density at radius 2 is 1.56 bits per heavy atom. The third-order valence-corrected chi connectivity index (χ3v) is 4.70. The average Bonchev–Trinajstić information content (AvgIpc) is 2.69. The Labute approximate surface area is 162 Å². The first-order valence-electron chi connectivity index (χ1n) is 10.0. The molecule has 1 aliphatic carbocycles. The highest BCUT2D eigenvalue weighted by molar-refractivity contribution is 5.96. The lowest BCUT2D eigenvalue weighted by molar-refractivity contribution is 0.0953. The minimum Gasteiger partial charge on any atom is -0.490 e. The molecule has 2 rings (SSSR count). The van der Waals surface area contributed by atoms with Crippen molar-refractivity contribution in [1.82, 2.24) is 5.43 Å². The van der Waals surface area contributed by atoms with Crippen LogP contribution in [0.5, 0.6) is 17.2 Å². The Morgan fingerprint density at radius 3 is 2.07 bits per heavy atom. The molecule has 0 bridgehead atoms. The molecule has 0 aromatic heterocycles. The number of hydrogen-bond donors (Lipinski definition) is 1. The Morgan fingerprint density at radius 1 is 1.00 bits per heavy atom. The topological polar surface area (TPSA) is 69.2 Å². The SMILES string of the molecule is CCOc1cc(C(=O)N/N=C(/C)C2CCCCC2)cc(OCC)c1OCC. The van der Waals surface area contributed by atoms with Gasteiger partial charge in [-0.25, -0.2) is 5.43 Å². The molecule has 6 heteroatoms. The number of carbonyl (C=O) groups excluding carboxylic acids is 1. The number of nitrogens with zero attached hydrogens (tertiary/aromatic N) is 1. The number of ether oxygens (including phenoxy) is 3. The number of nitrogens with one attached hydrogen (secondary N) is 1. The van der Waals surface area contributed by atoms with Crippen molar-refractivity contribution in [3.05, 3.63) is 17.7 Å². The molecule has 1 fully saturated rings. The molecule has 0 radical (unpaired) electrons. The zero-order valence-electron chi connectivity index (χ0n) is 17.0. The second kappa shape index (κ2) is 10.8. The van der Waals surface area contributed by atoms with Crippen LogP contribution in [0.15, 0.2) is 17.2 Å². The van der Waals surface area contributed by atoms with Gasteiger partial charge in [0.1, 0.15) is 0 Å². The zero-order valence-corrected chi connectivity index (χ0v) is 17.0. The first-order chi connectivity index (χ1) is 13.1. The third-order valence-electron chi connectivity index (χ3n) is 4.70. The maximum atomic E-state index is 12.6. The Bertz CT molecular complexity index is 625. The van der Waals surface area contributed by atoms with E-state index in [1.807, 2.05) is 27.7 Å². The van der Waals surface area contributed by atoms with E-state index >= 15 is 0 Å². The lowest BCUT2D eigenvalue weighted by Gasteiger charge is -2.21. The van der Waals surface area contributed by atoms with E-state index in [-0.39, 0.29) is 5.91 Å². The number of rotatable bonds is 9. The van der Waals surface area contributed by atoms with E-state index < -0.39 is 0 Å². The van der Waals surface area contributed by atoms with Crippen molar-refractivity contribution in [1.29, 1.82) is 0 Å². The van der Waals surface area contributed by atoms with Gasteiger partial charge in [0.2, 0.25) is 5.75 Å². The van der Waals surface area contributed by atoms with Crippen molar-refractivity contribution in [2.75, 3.05) is 19.8 Å². The van der Waals surface area contributed by atoms with Gasteiger partial charge in [-0.2, -0.15) is 5.10 Å². The van der Waals surface area contributed by atoms with Gasteiger partial charge >= 0.3 is 0 Å². The van der Waals surface area contributed by atoms with Crippen molar-refractivity contribution in [2.24, 2.45) is 11.0 Å². The van der Waals surface area contributed by atoms with E-state index in [0.717, 1.165) is 18.6 Å². The van der Waals surface area contributed by atoms with E-state index in [4.69, 9.17) is 14.2 Å². The zero-order chi connectivity index (χ0) is 19.6. The fourth-order valence-electron chi connectivity index (χ4n) is 3.33. The number of hydrazone groups is 1. The summed E-state index contributed by atoms with van der Waals surface area (Å²) in [5.41, 5.74) is 4.11. The maximum Gasteiger partial charge on any atom is 0.271 e. The summed E-state index contributed by atoms with van der Waals surface area (Å²) in [5.74, 6) is 1.72. The Hall–Kier alpha value is -2.24. The first-order valence-corrected chi connectivity index (χ1v) is 10.0. The molecule has 0 heterocycles. The van der Waals surface area contributed by atoms with Crippen LogP contribution in [0, 0.1) is 5.92 Å². The fraction of sp³-hybridized carbons (Fsp3) is 0.619. The molecule has 0 aliphatic heterocycles. The molecule has 0 atom stereocenters. The molecule has 1 aliphatic rings. The molecule has 0 spiro atoms. The highest BCUT2D eigenvalue weighted by Gasteiger charge is 2.19. The van der Waals surface area contributed by atoms with Crippen molar-refractivity contribution in [2.45, 2.75) is 59.8 Å². The normalized spacial score (nSPS) is 15.3. The number of amides is 1. The van der Waals surface area contributed by atoms with E-state index in [0.29, 0.717) is 48.6 Å². The summed E-state index contributed by atoms with van der Waals surface area (Å²) in [5, 5.41) is 4.34. The van der Waals surface area contributed by atoms with Crippen LogP contribution in [0.4, 0.5) is 0 Å². The van der Waals surface area contributed by atoms with E-state index in [1.165, 1.54) is 19.3 Å². The molecule has 150 valence electrons. The highest BCUT2D eigenvalue weighted by Crippen LogP contribution is 2.39. The largest absolute Gasteiger partial charge is 0.490 e. The van der Waals surface area contributed by atoms with Crippen LogP contribution in [0.2, 0.25) is 0 Å². The van der Waals surface area contributed by atoms with E-state index in [2.05, 4.69) is 10.5 Å². The first kappa shape index (κ1) is 21.1. The summed E-state index contributed by atoms with van der Waals surface area (Å²) in [6, 6.07) is 3.36. The summed E-state index contributed by atoms with van der Waals surface area (Å²) in [6.45, 7) is 9.09. The van der Waals surface area contributed by atoms with Gasteiger partial charge in [0, 0.05) is 11.3 Å². The van der Waals surface area contributed by atoms with Gasteiger partial charge in [0.15, 0.2) is 11.5 Å². The predicted octanol–water partition coefficient (Wildman–Crippen LogP) is 4.57. The standard InChI is InChI=1S/C21H32N2O4/c1-5-25-18-13-17(14-19(26-6-2)20(18)27-7-3)21(24)23-22-15(4)16-11-9-8-10-12-16/h13-14,16H,5-12H2,1-4H3,(H,23,24)/b22-15-. The molecule has 1 aromatic carbocycles. The molecule has 1 aromatic rings. The maximum absolute atomic E-state index is 12.6. The van der Waals surface area contributed by atoms with Crippen LogP contribution < -0.4 is 19.6 Å². The van der Waals surface area contributed by atoms with Gasteiger partial charge < -0.3 is 14.2 Å². The summed E-state index contributed by atoms with van der Waals surface area (Å²) >= 11 is 0. The Balaban J connectivity index is 2.20. The van der Waals surface area contributed by atoms with Crippen LogP contribution in [0.25, 0.3) is 0 Å². The number of benzene rings is 1. The monoisotopic (exact) mass is 376 g/mol. The molecule has 6 nitrogen and oxygen atoms in total. The lowest BCUT2D eigenvalue weighted by atomic mass is 9.86. The Kier molecular flexibility index (Phi) is 8.43. The summed E-state index contributed by atoms with van der Waals surface area (Å²) in [4.78, 5) is 12.6. The second-order valence-electron chi connectivity index (χ2n) is 6.63. The van der Waals surface area contributed by atoms with Crippen molar-refractivity contribution in [3.63, 3.8) is 0 Å². The van der Waals surface area contributed by atoms with Gasteiger partial charge in [-0.3, -0.25) is 4.79 Å². The molecule has 0 saturated heterocycles. The van der Waals surface area contributed by atoms with E-state index in [9.17, 15) is 4.79 Å². The lowest BCUT2D eigenvalue weighted by Crippen LogP contribution is -2.23. The quantitative estimate of drug-likeness (QED) is 0.506. The van der Waals surface area contributed by atoms with E-state index in [1.54, 1.807) is 12.1 Å². The van der Waals surface area contributed by atoms with Gasteiger partial charge in [-0.05, 0) is 58.6 Å². The minimum atomic E-state index is -0.282. The van der Waals surface area contributed by atoms with Crippen LogP contribution in [0.3, 0.4) is 0 Å². The van der Waals surface area contributed by atoms with Crippen LogP contribution >= 0.6 is 0 Å². The highest BCUT2D eigenvalue weighted by atomic mass is 16.5. The average molecular weight is 376 g/mol. The van der Waals surface area contributed by atoms with Crippen molar-refractivity contribution in [3.8, 4) is 17.2 Å². The van der Waals surface area contributed by atoms with Gasteiger partial charge in [-0.1, -0.05) is 19.3 Å². The smallest absolute Gasteiger partial charge is 0.271 e. The van der Waals surface area contributed by atoms with Crippen molar-refractivity contribution >= 4 is 11.6 Å². The predicted molar refractivity (Wildman–Crippen MR) is 107 cm³/mol. The molecule has 1 N–H and O–H groups in total. The van der Waals surface area contributed by atoms with Crippen LogP contribution in [-0.2, 0) is 0 Å². The number of carbonyl (C=O) groups is 1. The number of hydrogen-bond acceptors (Lipinski definition) is 5. The molecule has 0 unspecified atom stereocenters. The molecular weight excluding hydrogens is 344 g/mol. The molecule has 1 amide bonds. The fourth-order valence-corrected chi connectivity index (χ4v) is 3.33. The molecule has 1 saturated carbocycles. The summed E-state index contributed by atoms with van der Waals surface area (Å²) in [6.07, 6.45) is 6.07. The minimum absolute atomic E-state index is 0.282. The van der Waals surface area contributed by atoms with Gasteiger partial charge in [0.25, 0.3) is 5.91 Å². The molecule has 27 heavy (non-hydrogen) atoms. The summed E-state index contributed by atoms with van der Waals surface area (Å²) in [7, 11) is 0.